The normalized spacial score (nSPS) is 23.4. The van der Waals surface area contributed by atoms with Crippen LogP contribution in [0.4, 0.5) is 0 Å². The fourth-order valence-corrected chi connectivity index (χ4v) is 3.47. The van der Waals surface area contributed by atoms with Crippen LogP contribution in [0.2, 0.25) is 19.6 Å². The molecule has 1 aliphatic carbocycles. The van der Waals surface area contributed by atoms with Crippen LogP contribution in [0, 0.1) is 11.3 Å². The number of hydrogen-bond acceptors (Lipinski definition) is 2. The van der Waals surface area contributed by atoms with Crippen LogP contribution in [0.1, 0.15) is 24.8 Å². The lowest BCUT2D eigenvalue weighted by molar-refractivity contribution is 0.348. The summed E-state index contributed by atoms with van der Waals surface area (Å²) in [5.74, 6) is 1.08. The van der Waals surface area contributed by atoms with Gasteiger partial charge in [-0.25, -0.2) is 0 Å². The second-order valence-corrected chi connectivity index (χ2v) is 10.6. The number of hydrogen-bond donors (Lipinski definition) is 0. The molecule has 0 aliphatic heterocycles. The van der Waals surface area contributed by atoms with E-state index in [0.717, 1.165) is 30.6 Å². The lowest BCUT2D eigenvalue weighted by Crippen LogP contribution is -2.30. The van der Waals surface area contributed by atoms with Gasteiger partial charge < -0.3 is 4.43 Å². The molecule has 1 aromatic carbocycles. The first-order valence-electron chi connectivity index (χ1n) is 6.80. The first-order valence-corrected chi connectivity index (χ1v) is 10.2. The van der Waals surface area contributed by atoms with E-state index in [1.807, 2.05) is 18.2 Å². The van der Waals surface area contributed by atoms with E-state index < -0.39 is 8.32 Å². The smallest absolute Gasteiger partial charge is 0.241 e. The molecule has 0 aromatic heterocycles. The first-order chi connectivity index (χ1) is 8.95. The van der Waals surface area contributed by atoms with Gasteiger partial charge in [-0.3, -0.25) is 0 Å². The standard InChI is InChI=1S/C16H21NOSi/c1-19(2,3)18-15-9-11-16(13-17,12-10-15)14-7-5-4-6-8-14/h4-9H,10-12H2,1-3H3/t16-/m1/s1. The van der Waals surface area contributed by atoms with Crippen LogP contribution in [0.5, 0.6) is 0 Å². The second-order valence-electron chi connectivity index (χ2n) is 6.15. The summed E-state index contributed by atoms with van der Waals surface area (Å²) < 4.78 is 6.04. The minimum atomic E-state index is -1.53. The fourth-order valence-electron chi connectivity index (χ4n) is 2.50. The predicted molar refractivity (Wildman–Crippen MR) is 80.1 cm³/mol. The molecule has 0 radical (unpaired) electrons. The Morgan fingerprint density at radius 1 is 1.21 bits per heavy atom. The molecule has 2 nitrogen and oxygen atoms in total. The van der Waals surface area contributed by atoms with Gasteiger partial charge in [0.25, 0.3) is 0 Å². The van der Waals surface area contributed by atoms with Crippen molar-refractivity contribution in [1.29, 1.82) is 5.26 Å². The van der Waals surface area contributed by atoms with Gasteiger partial charge in [-0.15, -0.1) is 0 Å². The van der Waals surface area contributed by atoms with Gasteiger partial charge in [0.05, 0.1) is 17.2 Å². The summed E-state index contributed by atoms with van der Waals surface area (Å²) in [4.78, 5) is 0. The summed E-state index contributed by atoms with van der Waals surface area (Å²) in [6.07, 6.45) is 4.60. The predicted octanol–water partition coefficient (Wildman–Crippen LogP) is 4.37. The van der Waals surface area contributed by atoms with Crippen molar-refractivity contribution in [1.82, 2.24) is 0 Å². The SMILES string of the molecule is C[Si](C)(C)OC1=CC[C@@](C#N)(c2ccccc2)CC1. The van der Waals surface area contributed by atoms with Gasteiger partial charge >= 0.3 is 0 Å². The highest BCUT2D eigenvalue weighted by Gasteiger charge is 2.35. The summed E-state index contributed by atoms with van der Waals surface area (Å²) in [6, 6.07) is 12.6. The summed E-state index contributed by atoms with van der Waals surface area (Å²) in [7, 11) is -1.53. The molecule has 0 saturated carbocycles. The van der Waals surface area contributed by atoms with Gasteiger partial charge in [0.15, 0.2) is 0 Å². The molecule has 2 rings (SSSR count). The second kappa shape index (κ2) is 5.22. The summed E-state index contributed by atoms with van der Waals surface area (Å²) in [6.45, 7) is 6.57. The third kappa shape index (κ3) is 3.27. The largest absolute Gasteiger partial charge is 0.548 e. The topological polar surface area (TPSA) is 33.0 Å². The lowest BCUT2D eigenvalue weighted by Gasteiger charge is -2.32. The van der Waals surface area contributed by atoms with Crippen molar-refractivity contribution in [2.24, 2.45) is 0 Å². The van der Waals surface area contributed by atoms with Gasteiger partial charge in [0.1, 0.15) is 0 Å². The van der Waals surface area contributed by atoms with Crippen molar-refractivity contribution in [2.45, 2.75) is 44.3 Å². The molecule has 19 heavy (non-hydrogen) atoms. The zero-order valence-corrected chi connectivity index (χ0v) is 12.9. The van der Waals surface area contributed by atoms with Crippen molar-refractivity contribution < 1.29 is 4.43 Å². The minimum absolute atomic E-state index is 0.368. The monoisotopic (exact) mass is 271 g/mol. The Labute approximate surface area is 116 Å². The molecule has 3 heteroatoms. The highest BCUT2D eigenvalue weighted by atomic mass is 28.4. The van der Waals surface area contributed by atoms with E-state index in [9.17, 15) is 5.26 Å². The Morgan fingerprint density at radius 3 is 2.37 bits per heavy atom. The maximum Gasteiger partial charge on any atom is 0.241 e. The van der Waals surface area contributed by atoms with Gasteiger partial charge in [-0.1, -0.05) is 30.3 Å². The molecule has 1 aliphatic rings. The Bertz CT molecular complexity index is 510. The number of allylic oxidation sites excluding steroid dienone is 2. The Morgan fingerprint density at radius 2 is 1.89 bits per heavy atom. The molecule has 0 amide bonds. The quantitative estimate of drug-likeness (QED) is 0.765. The van der Waals surface area contributed by atoms with E-state index in [1.54, 1.807) is 0 Å². The molecule has 0 unspecified atom stereocenters. The fraction of sp³-hybridized carbons (Fsp3) is 0.438. The molecule has 1 atom stereocenters. The van der Waals surface area contributed by atoms with E-state index in [4.69, 9.17) is 4.43 Å². The van der Waals surface area contributed by atoms with Crippen LogP contribution >= 0.6 is 0 Å². The summed E-state index contributed by atoms with van der Waals surface area (Å²) >= 11 is 0. The highest BCUT2D eigenvalue weighted by molar-refractivity contribution is 6.70. The molecule has 0 heterocycles. The molecule has 1 aromatic rings. The first kappa shape index (κ1) is 13.9. The van der Waals surface area contributed by atoms with Crippen molar-refractivity contribution >= 4 is 8.32 Å². The van der Waals surface area contributed by atoms with Gasteiger partial charge in [0.2, 0.25) is 8.32 Å². The van der Waals surface area contributed by atoms with Crippen LogP contribution in [-0.2, 0) is 9.84 Å². The maximum absolute atomic E-state index is 9.60. The number of benzene rings is 1. The molecule has 0 fully saturated rings. The average Bonchev–Trinajstić information content (AvgIpc) is 2.39. The minimum Gasteiger partial charge on any atom is -0.548 e. The number of nitrogens with zero attached hydrogens (tertiary/aromatic N) is 1. The lowest BCUT2D eigenvalue weighted by atomic mass is 9.72. The van der Waals surface area contributed by atoms with Gasteiger partial charge in [-0.2, -0.15) is 5.26 Å². The molecular weight excluding hydrogens is 250 g/mol. The van der Waals surface area contributed by atoms with E-state index >= 15 is 0 Å². The summed E-state index contributed by atoms with van der Waals surface area (Å²) in [5.41, 5.74) is 0.758. The van der Waals surface area contributed by atoms with Crippen molar-refractivity contribution in [3.8, 4) is 6.07 Å². The third-order valence-electron chi connectivity index (χ3n) is 3.45. The molecule has 0 spiro atoms. The van der Waals surface area contributed by atoms with Crippen LogP contribution in [-0.4, -0.2) is 8.32 Å². The molecule has 100 valence electrons. The zero-order chi connectivity index (χ0) is 13.9. The molecule has 0 N–H and O–H groups in total. The molecule has 0 bridgehead atoms. The van der Waals surface area contributed by atoms with E-state index in [-0.39, 0.29) is 5.41 Å². The number of rotatable bonds is 3. The highest BCUT2D eigenvalue weighted by Crippen LogP contribution is 2.38. The Hall–Kier alpha value is -1.53. The van der Waals surface area contributed by atoms with Crippen LogP contribution in [0.3, 0.4) is 0 Å². The average molecular weight is 271 g/mol. The maximum atomic E-state index is 9.60. The Balaban J connectivity index is 2.19. The van der Waals surface area contributed by atoms with E-state index in [2.05, 4.69) is 43.9 Å². The van der Waals surface area contributed by atoms with Gasteiger partial charge in [0, 0.05) is 6.42 Å². The van der Waals surface area contributed by atoms with Crippen LogP contribution in [0.25, 0.3) is 0 Å². The van der Waals surface area contributed by atoms with Crippen molar-refractivity contribution in [2.75, 3.05) is 0 Å². The third-order valence-corrected chi connectivity index (χ3v) is 4.33. The zero-order valence-electron chi connectivity index (χ0n) is 11.9. The van der Waals surface area contributed by atoms with Gasteiger partial charge in [-0.05, 0) is 44.1 Å². The number of nitriles is 1. The van der Waals surface area contributed by atoms with Crippen molar-refractivity contribution in [3.63, 3.8) is 0 Å². The molecular formula is C16H21NOSi. The van der Waals surface area contributed by atoms with E-state index in [1.165, 1.54) is 0 Å². The van der Waals surface area contributed by atoms with Crippen LogP contribution < -0.4 is 0 Å². The molecule has 0 saturated heterocycles. The van der Waals surface area contributed by atoms with Crippen LogP contribution in [0.15, 0.2) is 42.2 Å². The Kier molecular flexibility index (Phi) is 3.82. The van der Waals surface area contributed by atoms with Crippen molar-refractivity contribution in [3.05, 3.63) is 47.7 Å². The van der Waals surface area contributed by atoms with E-state index in [0.29, 0.717) is 0 Å². The summed E-state index contributed by atoms with van der Waals surface area (Å²) in [5, 5.41) is 9.60.